The van der Waals surface area contributed by atoms with Gasteiger partial charge in [-0.2, -0.15) is 19.1 Å². The number of carbonyl (C=O) groups is 1. The molecule has 0 fully saturated rings. The van der Waals surface area contributed by atoms with Crippen molar-refractivity contribution in [2.24, 2.45) is 0 Å². The number of aromatic nitrogens is 2. The van der Waals surface area contributed by atoms with Gasteiger partial charge in [-0.25, -0.2) is 4.79 Å². The molecule has 3 aromatic rings. The topological polar surface area (TPSA) is 88.1 Å². The summed E-state index contributed by atoms with van der Waals surface area (Å²) in [6.07, 6.45) is 0. The predicted molar refractivity (Wildman–Crippen MR) is 83.6 cm³/mol. The molecule has 0 saturated carbocycles. The van der Waals surface area contributed by atoms with E-state index in [1.807, 2.05) is 6.07 Å². The maximum Gasteiger partial charge on any atom is 0.387 e. The fraction of sp³-hybridized carbons (Fsp3) is 0.118. The number of fused-ring (bicyclic) bond motifs is 1. The number of carboxylic acid groups (broad SMARTS) is 1. The largest absolute Gasteiger partial charge is 0.476 e. The zero-order valence-electron chi connectivity index (χ0n) is 12.7. The summed E-state index contributed by atoms with van der Waals surface area (Å²) in [6.45, 7) is -2.68. The number of aromatic carboxylic acids is 1. The quantitative estimate of drug-likeness (QED) is 0.768. The van der Waals surface area contributed by atoms with E-state index < -0.39 is 12.6 Å². The summed E-state index contributed by atoms with van der Waals surface area (Å²) in [6, 6.07) is 12.6. The normalized spacial score (nSPS) is 10.8. The summed E-state index contributed by atoms with van der Waals surface area (Å²) >= 11 is 0. The molecule has 0 atom stereocenters. The molecule has 0 spiro atoms. The van der Waals surface area contributed by atoms with E-state index in [9.17, 15) is 18.7 Å². The molecule has 0 aliphatic carbocycles. The van der Waals surface area contributed by atoms with Crippen LogP contribution in [0.3, 0.4) is 0 Å². The Kier molecular flexibility index (Phi) is 4.31. The van der Waals surface area contributed by atoms with Gasteiger partial charge < -0.3 is 9.84 Å². The number of alkyl halides is 2. The van der Waals surface area contributed by atoms with Gasteiger partial charge in [0, 0.05) is 5.39 Å². The van der Waals surface area contributed by atoms with Gasteiger partial charge in [0.1, 0.15) is 5.75 Å². The number of rotatable bonds is 5. The highest BCUT2D eigenvalue weighted by Crippen LogP contribution is 2.22. The van der Waals surface area contributed by atoms with Gasteiger partial charge in [0.2, 0.25) is 0 Å². The standard InChI is InChI=1S/C17H11F2N3O3/c18-17(19)25-12-4-1-10(2-5-12)9-22-14-7-11(8-20)3-6-13(14)15(21-22)16(23)24/h1-7,17H,9H2,(H,23,24). The molecule has 0 aliphatic rings. The zero-order chi connectivity index (χ0) is 18.0. The van der Waals surface area contributed by atoms with Gasteiger partial charge in [0.15, 0.2) is 5.69 Å². The average molecular weight is 343 g/mol. The number of hydrogen-bond acceptors (Lipinski definition) is 4. The van der Waals surface area contributed by atoms with Gasteiger partial charge in [-0.15, -0.1) is 0 Å². The summed E-state index contributed by atoms with van der Waals surface area (Å²) in [7, 11) is 0. The lowest BCUT2D eigenvalue weighted by atomic mass is 10.1. The first-order valence-electron chi connectivity index (χ1n) is 7.15. The van der Waals surface area contributed by atoms with Gasteiger partial charge >= 0.3 is 12.6 Å². The first-order chi connectivity index (χ1) is 12.0. The molecule has 3 rings (SSSR count). The molecule has 8 heteroatoms. The first kappa shape index (κ1) is 16.4. The van der Waals surface area contributed by atoms with E-state index in [2.05, 4.69) is 9.84 Å². The molecule has 0 unspecified atom stereocenters. The maximum atomic E-state index is 12.2. The Bertz CT molecular complexity index is 975. The molecule has 126 valence electrons. The van der Waals surface area contributed by atoms with Crippen molar-refractivity contribution in [2.75, 3.05) is 0 Å². The number of hydrogen-bond donors (Lipinski definition) is 1. The van der Waals surface area contributed by atoms with Crippen molar-refractivity contribution in [3.63, 3.8) is 0 Å². The fourth-order valence-corrected chi connectivity index (χ4v) is 2.47. The Morgan fingerprint density at radius 1 is 1.28 bits per heavy atom. The van der Waals surface area contributed by atoms with Crippen LogP contribution in [0.5, 0.6) is 5.75 Å². The van der Waals surface area contributed by atoms with Crippen LogP contribution < -0.4 is 4.74 Å². The smallest absolute Gasteiger partial charge is 0.387 e. The Hall–Kier alpha value is -3.47. The highest BCUT2D eigenvalue weighted by molar-refractivity contribution is 6.01. The van der Waals surface area contributed by atoms with E-state index in [1.165, 1.54) is 22.9 Å². The summed E-state index contributed by atoms with van der Waals surface area (Å²) in [4.78, 5) is 11.4. The molecule has 25 heavy (non-hydrogen) atoms. The van der Waals surface area contributed by atoms with E-state index >= 15 is 0 Å². The van der Waals surface area contributed by atoms with E-state index in [1.54, 1.807) is 24.3 Å². The van der Waals surface area contributed by atoms with Crippen molar-refractivity contribution < 1.29 is 23.4 Å². The third-order valence-corrected chi connectivity index (χ3v) is 3.56. The summed E-state index contributed by atoms with van der Waals surface area (Å²) in [5.74, 6) is -1.14. The minimum Gasteiger partial charge on any atom is -0.476 e. The van der Waals surface area contributed by atoms with Gasteiger partial charge in [-0.1, -0.05) is 12.1 Å². The molecule has 1 heterocycles. The zero-order valence-corrected chi connectivity index (χ0v) is 12.7. The third-order valence-electron chi connectivity index (χ3n) is 3.56. The lowest BCUT2D eigenvalue weighted by Crippen LogP contribution is -2.05. The number of benzene rings is 2. The van der Waals surface area contributed by atoms with E-state index in [0.29, 0.717) is 22.0 Å². The minimum atomic E-state index is -2.90. The highest BCUT2D eigenvalue weighted by atomic mass is 19.3. The van der Waals surface area contributed by atoms with E-state index in [0.717, 1.165) is 0 Å². The predicted octanol–water partition coefficient (Wildman–Crippen LogP) is 3.26. The third kappa shape index (κ3) is 3.40. The number of ether oxygens (including phenoxy) is 1. The molecule has 0 bridgehead atoms. The van der Waals surface area contributed by atoms with Gasteiger partial charge in [0.25, 0.3) is 0 Å². The Morgan fingerprint density at radius 2 is 2.00 bits per heavy atom. The molecule has 0 aliphatic heterocycles. The van der Waals surface area contributed by atoms with Crippen molar-refractivity contribution in [2.45, 2.75) is 13.2 Å². The Balaban J connectivity index is 1.98. The second-order valence-electron chi connectivity index (χ2n) is 5.18. The van der Waals surface area contributed by atoms with Crippen LogP contribution in [0.15, 0.2) is 42.5 Å². The van der Waals surface area contributed by atoms with Crippen LogP contribution in [-0.2, 0) is 6.54 Å². The average Bonchev–Trinajstić information content (AvgIpc) is 2.94. The lowest BCUT2D eigenvalue weighted by Gasteiger charge is -2.07. The molecule has 2 aromatic carbocycles. The molecule has 0 radical (unpaired) electrons. The minimum absolute atomic E-state index is 0.0297. The second kappa shape index (κ2) is 6.57. The molecular formula is C17H11F2N3O3. The molecule has 1 aromatic heterocycles. The second-order valence-corrected chi connectivity index (χ2v) is 5.18. The van der Waals surface area contributed by atoms with Crippen LogP contribution >= 0.6 is 0 Å². The van der Waals surface area contributed by atoms with Crippen LogP contribution in [-0.4, -0.2) is 27.5 Å². The first-order valence-corrected chi connectivity index (χ1v) is 7.15. The fourth-order valence-electron chi connectivity index (χ4n) is 2.47. The van der Waals surface area contributed by atoms with Crippen LogP contribution in [0.25, 0.3) is 10.9 Å². The molecule has 0 amide bonds. The lowest BCUT2D eigenvalue weighted by molar-refractivity contribution is -0.0498. The van der Waals surface area contributed by atoms with Crippen molar-refractivity contribution in [1.29, 1.82) is 5.26 Å². The number of carboxylic acids is 1. The van der Waals surface area contributed by atoms with Crippen LogP contribution in [0.1, 0.15) is 21.6 Å². The van der Waals surface area contributed by atoms with Crippen molar-refractivity contribution >= 4 is 16.9 Å². The number of halogens is 2. The monoisotopic (exact) mass is 343 g/mol. The molecular weight excluding hydrogens is 332 g/mol. The van der Waals surface area contributed by atoms with Crippen molar-refractivity contribution in [3.05, 3.63) is 59.3 Å². The van der Waals surface area contributed by atoms with Gasteiger partial charge in [0.05, 0.1) is 23.7 Å². The molecule has 0 saturated heterocycles. The molecule has 6 nitrogen and oxygen atoms in total. The van der Waals surface area contributed by atoms with E-state index in [-0.39, 0.29) is 18.0 Å². The van der Waals surface area contributed by atoms with Crippen LogP contribution in [0, 0.1) is 11.3 Å². The molecule has 1 N–H and O–H groups in total. The highest BCUT2D eigenvalue weighted by Gasteiger charge is 2.17. The van der Waals surface area contributed by atoms with Gasteiger partial charge in [-0.05, 0) is 35.9 Å². The van der Waals surface area contributed by atoms with Crippen LogP contribution in [0.4, 0.5) is 8.78 Å². The summed E-state index contributed by atoms with van der Waals surface area (Å²) < 4.78 is 30.1. The summed E-state index contributed by atoms with van der Waals surface area (Å²) in [5, 5.41) is 22.8. The Morgan fingerprint density at radius 3 is 2.60 bits per heavy atom. The van der Waals surface area contributed by atoms with Crippen molar-refractivity contribution in [1.82, 2.24) is 9.78 Å². The number of nitriles is 1. The van der Waals surface area contributed by atoms with Crippen LogP contribution in [0.2, 0.25) is 0 Å². The SMILES string of the molecule is N#Cc1ccc2c(C(=O)O)nn(Cc3ccc(OC(F)F)cc3)c2c1. The van der Waals surface area contributed by atoms with E-state index in [4.69, 9.17) is 5.26 Å². The van der Waals surface area contributed by atoms with Gasteiger partial charge in [-0.3, -0.25) is 4.68 Å². The summed E-state index contributed by atoms with van der Waals surface area (Å²) in [5.41, 5.74) is 1.48. The Labute approximate surface area is 140 Å². The number of nitrogens with zero attached hydrogens (tertiary/aromatic N) is 3. The maximum absolute atomic E-state index is 12.2. The van der Waals surface area contributed by atoms with Crippen molar-refractivity contribution in [3.8, 4) is 11.8 Å².